The molecule has 0 radical (unpaired) electrons. The fourth-order valence-electron chi connectivity index (χ4n) is 5.45. The largest absolute Gasteiger partial charge is 0.493 e. The summed E-state index contributed by atoms with van der Waals surface area (Å²) in [5, 5.41) is 9.70. The molecule has 3 nitrogen and oxygen atoms in total. The van der Waals surface area contributed by atoms with Crippen molar-refractivity contribution in [1.29, 1.82) is 0 Å². The second-order valence-corrected chi connectivity index (χ2v) is 12.8. The molecular formula is C43H72O3. The van der Waals surface area contributed by atoms with Crippen LogP contribution in [0.2, 0.25) is 0 Å². The monoisotopic (exact) mass is 637 g/mol. The Hall–Kier alpha value is -2.26. The third-order valence-electron chi connectivity index (χ3n) is 8.35. The van der Waals surface area contributed by atoms with E-state index in [2.05, 4.69) is 62.5 Å². The number of aliphatic hydroxyl groups is 1. The van der Waals surface area contributed by atoms with E-state index in [-0.39, 0.29) is 6.61 Å². The molecular weight excluding hydrogens is 564 g/mol. The van der Waals surface area contributed by atoms with Crippen molar-refractivity contribution in [2.24, 2.45) is 0 Å². The van der Waals surface area contributed by atoms with Gasteiger partial charge in [0.15, 0.2) is 0 Å². The lowest BCUT2D eigenvalue weighted by Crippen LogP contribution is -2.01. The van der Waals surface area contributed by atoms with Gasteiger partial charge in [-0.05, 0) is 94.7 Å². The van der Waals surface area contributed by atoms with Gasteiger partial charge < -0.3 is 14.6 Å². The van der Waals surface area contributed by atoms with Crippen LogP contribution in [-0.4, -0.2) is 18.3 Å². The van der Waals surface area contributed by atoms with Gasteiger partial charge in [0.2, 0.25) is 0 Å². The highest BCUT2D eigenvalue weighted by Crippen LogP contribution is 2.24. The van der Waals surface area contributed by atoms with Crippen molar-refractivity contribution in [2.45, 2.75) is 175 Å². The first-order chi connectivity index (χ1) is 22.8. The molecule has 0 fully saturated rings. The van der Waals surface area contributed by atoms with Crippen LogP contribution in [0.5, 0.6) is 11.5 Å². The summed E-state index contributed by atoms with van der Waals surface area (Å²) in [4.78, 5) is 0. The van der Waals surface area contributed by atoms with E-state index in [1.54, 1.807) is 0 Å². The van der Waals surface area contributed by atoms with Crippen LogP contribution < -0.4 is 9.47 Å². The van der Waals surface area contributed by atoms with E-state index in [0.717, 1.165) is 56.0 Å². The fraction of sp³-hybridized carbons (Fsp3) is 0.674. The molecule has 0 bridgehead atoms. The molecule has 1 rings (SSSR count). The molecule has 0 saturated carbocycles. The second kappa shape index (κ2) is 34.1. The molecule has 0 spiro atoms. The molecule has 1 aromatic carbocycles. The van der Waals surface area contributed by atoms with Crippen LogP contribution in [0.15, 0.2) is 66.8 Å². The topological polar surface area (TPSA) is 38.7 Å². The molecule has 0 heterocycles. The minimum atomic E-state index is 0.00341. The molecule has 262 valence electrons. The highest BCUT2D eigenvalue weighted by molar-refractivity contribution is 5.38. The lowest BCUT2D eigenvalue weighted by Gasteiger charge is -2.12. The highest BCUT2D eigenvalue weighted by Gasteiger charge is 2.04. The average Bonchev–Trinajstić information content (AvgIpc) is 3.07. The minimum Gasteiger partial charge on any atom is -0.493 e. The number of ether oxygens (including phenoxy) is 2. The Bertz CT molecular complexity index is 829. The lowest BCUT2D eigenvalue weighted by atomic mass is 10.1. The molecule has 0 aliphatic carbocycles. The zero-order chi connectivity index (χ0) is 33.0. The molecule has 0 amide bonds. The Balaban J connectivity index is 2.02. The fourth-order valence-corrected chi connectivity index (χ4v) is 5.45. The molecule has 1 aromatic rings. The first-order valence-corrected chi connectivity index (χ1v) is 19.4. The maximum atomic E-state index is 9.70. The van der Waals surface area contributed by atoms with Crippen LogP contribution in [0.25, 0.3) is 0 Å². The predicted molar refractivity (Wildman–Crippen MR) is 202 cm³/mol. The van der Waals surface area contributed by atoms with Crippen molar-refractivity contribution in [3.63, 3.8) is 0 Å². The van der Waals surface area contributed by atoms with Crippen molar-refractivity contribution in [3.8, 4) is 11.5 Å². The van der Waals surface area contributed by atoms with E-state index in [9.17, 15) is 5.11 Å². The van der Waals surface area contributed by atoms with Crippen LogP contribution in [0.1, 0.15) is 174 Å². The highest BCUT2D eigenvalue weighted by atomic mass is 16.5. The second-order valence-electron chi connectivity index (χ2n) is 12.8. The molecule has 0 atom stereocenters. The zero-order valence-corrected chi connectivity index (χ0v) is 30.2. The van der Waals surface area contributed by atoms with Gasteiger partial charge in [-0.25, -0.2) is 0 Å². The van der Waals surface area contributed by atoms with Gasteiger partial charge in [-0.3, -0.25) is 0 Å². The van der Waals surface area contributed by atoms with E-state index >= 15 is 0 Å². The van der Waals surface area contributed by atoms with E-state index in [4.69, 9.17) is 9.47 Å². The van der Waals surface area contributed by atoms with Gasteiger partial charge in [-0.15, -0.1) is 0 Å². The predicted octanol–water partition coefficient (Wildman–Crippen LogP) is 13.6. The maximum absolute atomic E-state index is 9.70. The van der Waals surface area contributed by atoms with Crippen LogP contribution >= 0.6 is 0 Å². The van der Waals surface area contributed by atoms with Crippen molar-refractivity contribution >= 4 is 0 Å². The van der Waals surface area contributed by atoms with Gasteiger partial charge in [0.1, 0.15) is 11.5 Å². The van der Waals surface area contributed by atoms with Gasteiger partial charge in [0, 0.05) is 6.07 Å². The summed E-state index contributed by atoms with van der Waals surface area (Å²) >= 11 is 0. The van der Waals surface area contributed by atoms with Crippen molar-refractivity contribution in [3.05, 3.63) is 72.4 Å². The molecule has 0 saturated heterocycles. The smallest absolute Gasteiger partial charge is 0.123 e. The molecule has 0 aliphatic rings. The molecule has 0 aliphatic heterocycles. The van der Waals surface area contributed by atoms with E-state index in [1.165, 1.54) is 128 Å². The third-order valence-corrected chi connectivity index (χ3v) is 8.35. The van der Waals surface area contributed by atoms with Gasteiger partial charge in [0.05, 0.1) is 19.8 Å². The number of hydrogen-bond acceptors (Lipinski definition) is 3. The third kappa shape index (κ3) is 28.0. The van der Waals surface area contributed by atoms with Crippen molar-refractivity contribution in [2.75, 3.05) is 13.2 Å². The first kappa shape index (κ1) is 41.8. The summed E-state index contributed by atoms with van der Waals surface area (Å²) in [7, 11) is 0. The summed E-state index contributed by atoms with van der Waals surface area (Å²) in [6.45, 7) is 5.95. The number of hydrogen-bond donors (Lipinski definition) is 1. The summed E-state index contributed by atoms with van der Waals surface area (Å²) in [5.41, 5.74) is 0.849. The number of unbranched alkanes of at least 4 members (excludes halogenated alkanes) is 18. The standard InChI is InChI=1S/C43H72O3/c1-3-5-7-9-11-13-15-17-19-21-23-25-27-29-31-33-35-45-42-37-41(40-44)38-43(39-42)46-36-34-32-30-28-26-24-22-20-18-16-14-12-10-8-6-4-2/h11-14,17-20,37-39,44H,3-10,15-16,21-36,40H2,1-2H3. The molecule has 1 N–H and O–H groups in total. The number of rotatable bonds is 33. The quantitative estimate of drug-likeness (QED) is 0.0616. The van der Waals surface area contributed by atoms with Gasteiger partial charge >= 0.3 is 0 Å². The lowest BCUT2D eigenvalue weighted by molar-refractivity contribution is 0.271. The molecule has 0 aromatic heterocycles. The summed E-state index contributed by atoms with van der Waals surface area (Å²) in [6.07, 6.45) is 48.5. The SMILES string of the molecule is CCCCCC=CCC=CCCCCCCCCOc1cc(CO)cc(OCCCCCCCCC=CCC=CCCCCC)c1. The molecule has 3 heteroatoms. The first-order valence-electron chi connectivity index (χ1n) is 19.4. The summed E-state index contributed by atoms with van der Waals surface area (Å²) < 4.78 is 12.1. The minimum absolute atomic E-state index is 0.00341. The van der Waals surface area contributed by atoms with Crippen LogP contribution in [0.3, 0.4) is 0 Å². The molecule has 46 heavy (non-hydrogen) atoms. The Morgan fingerprint density at radius 1 is 0.435 bits per heavy atom. The summed E-state index contributed by atoms with van der Waals surface area (Å²) in [6, 6.07) is 5.84. The van der Waals surface area contributed by atoms with Gasteiger partial charge in [-0.2, -0.15) is 0 Å². The normalized spacial score (nSPS) is 12.1. The van der Waals surface area contributed by atoms with Crippen molar-refractivity contribution in [1.82, 2.24) is 0 Å². The number of benzene rings is 1. The van der Waals surface area contributed by atoms with E-state index in [1.807, 2.05) is 18.2 Å². The molecule has 0 unspecified atom stereocenters. The van der Waals surface area contributed by atoms with Gasteiger partial charge in [-0.1, -0.05) is 140 Å². The van der Waals surface area contributed by atoms with Crippen LogP contribution in [-0.2, 0) is 6.61 Å². The Labute approximate surface area is 285 Å². The van der Waals surface area contributed by atoms with Crippen molar-refractivity contribution < 1.29 is 14.6 Å². The zero-order valence-electron chi connectivity index (χ0n) is 30.2. The van der Waals surface area contributed by atoms with E-state index in [0.29, 0.717) is 0 Å². The Morgan fingerprint density at radius 2 is 0.783 bits per heavy atom. The van der Waals surface area contributed by atoms with Crippen LogP contribution in [0.4, 0.5) is 0 Å². The number of aliphatic hydroxyl groups excluding tert-OH is 1. The Morgan fingerprint density at radius 3 is 1.15 bits per heavy atom. The average molecular weight is 637 g/mol. The van der Waals surface area contributed by atoms with E-state index < -0.39 is 0 Å². The van der Waals surface area contributed by atoms with Crippen LogP contribution in [0, 0.1) is 0 Å². The van der Waals surface area contributed by atoms with Gasteiger partial charge in [0.25, 0.3) is 0 Å². The number of allylic oxidation sites excluding steroid dienone is 8. The summed E-state index contributed by atoms with van der Waals surface area (Å²) in [5.74, 6) is 1.61. The Kier molecular flexibility index (Phi) is 30.9. The maximum Gasteiger partial charge on any atom is 0.123 e.